The maximum absolute atomic E-state index is 11.8. The van der Waals surface area contributed by atoms with Crippen molar-refractivity contribution < 1.29 is 18.0 Å². The molecule has 1 aromatic rings. The van der Waals surface area contributed by atoms with E-state index in [0.717, 1.165) is 0 Å². The van der Waals surface area contributed by atoms with Gasteiger partial charge in [-0.2, -0.15) is 13.2 Å². The Morgan fingerprint density at radius 2 is 1.60 bits per heavy atom. The molecule has 1 aromatic carbocycles. The highest BCUT2D eigenvalue weighted by Crippen LogP contribution is 2.19. The maximum Gasteiger partial charge on any atom is 0.471 e. The Labute approximate surface area is 88.3 Å². The van der Waals surface area contributed by atoms with E-state index >= 15 is 0 Å². The number of carbonyl (C=O) groups excluding carboxylic acids is 1. The molecule has 0 aliphatic rings. The Balaban J connectivity index is 2.70. The van der Waals surface area contributed by atoms with Crippen molar-refractivity contribution in [3.05, 3.63) is 24.3 Å². The molecule has 0 aliphatic heterocycles. The van der Waals surface area contributed by atoms with Gasteiger partial charge in [0.15, 0.2) is 0 Å². The number of rotatable bonds is 2. The summed E-state index contributed by atoms with van der Waals surface area (Å²) in [5.41, 5.74) is 0.565. The van der Waals surface area contributed by atoms with E-state index in [1.807, 2.05) is 0 Å². The predicted molar refractivity (Wildman–Crippen MR) is 50.6 cm³/mol. The fraction of sp³-hybridized carbons (Fsp3) is 0.125. The first-order chi connectivity index (χ1) is 6.93. The van der Waals surface area contributed by atoms with Crippen molar-refractivity contribution in [2.75, 3.05) is 10.2 Å². The number of alkyl halides is 3. The molecule has 0 saturated carbocycles. The first-order valence-corrected chi connectivity index (χ1v) is 4.16. The molecule has 7 heteroatoms. The fourth-order valence-corrected chi connectivity index (χ4v) is 0.945. The second-order valence-electron chi connectivity index (χ2n) is 2.62. The van der Waals surface area contributed by atoms with Gasteiger partial charge in [0.05, 0.1) is 0 Å². The zero-order chi connectivity index (χ0) is 11.5. The van der Waals surface area contributed by atoms with Crippen LogP contribution in [0.25, 0.3) is 0 Å². The number of halogens is 4. The Morgan fingerprint density at radius 3 is 2.00 bits per heavy atom. The fourth-order valence-electron chi connectivity index (χ4n) is 0.819. The highest BCUT2D eigenvalue weighted by Gasteiger charge is 2.38. The SMILES string of the molecule is O=C(Nc1ccc(NCl)cc1)C(F)(F)F. The van der Waals surface area contributed by atoms with Crippen LogP contribution in [0.1, 0.15) is 0 Å². The second-order valence-corrected chi connectivity index (χ2v) is 2.81. The standard InChI is InChI=1S/C8H6ClF3N2O/c9-14-6-3-1-5(2-4-6)13-7(15)8(10,11)12/h1-4,14H,(H,13,15). The molecule has 0 aromatic heterocycles. The lowest BCUT2D eigenvalue weighted by Crippen LogP contribution is -2.29. The van der Waals surface area contributed by atoms with Gasteiger partial charge >= 0.3 is 12.1 Å². The molecule has 0 spiro atoms. The summed E-state index contributed by atoms with van der Waals surface area (Å²) < 4.78 is 35.5. The molecular weight excluding hydrogens is 233 g/mol. The lowest BCUT2D eigenvalue weighted by molar-refractivity contribution is -0.167. The Morgan fingerprint density at radius 1 is 1.13 bits per heavy atom. The molecule has 15 heavy (non-hydrogen) atoms. The largest absolute Gasteiger partial charge is 0.471 e. The van der Waals surface area contributed by atoms with Gasteiger partial charge < -0.3 is 5.32 Å². The zero-order valence-electron chi connectivity index (χ0n) is 7.23. The number of hydrogen-bond donors (Lipinski definition) is 2. The third kappa shape index (κ3) is 3.32. The van der Waals surface area contributed by atoms with Gasteiger partial charge in [-0.15, -0.1) is 0 Å². The van der Waals surface area contributed by atoms with E-state index in [9.17, 15) is 18.0 Å². The molecule has 82 valence electrons. The first kappa shape index (κ1) is 11.6. The van der Waals surface area contributed by atoms with E-state index in [-0.39, 0.29) is 5.69 Å². The topological polar surface area (TPSA) is 41.1 Å². The zero-order valence-corrected chi connectivity index (χ0v) is 7.99. The van der Waals surface area contributed by atoms with Gasteiger partial charge in [0, 0.05) is 23.2 Å². The molecule has 0 aliphatic carbocycles. The normalized spacial score (nSPS) is 10.9. The van der Waals surface area contributed by atoms with Crippen LogP contribution in [0.4, 0.5) is 24.5 Å². The van der Waals surface area contributed by atoms with Gasteiger partial charge in [0.2, 0.25) is 0 Å². The summed E-state index contributed by atoms with van der Waals surface area (Å²) in [6, 6.07) is 5.46. The van der Waals surface area contributed by atoms with Crippen LogP contribution in [0.5, 0.6) is 0 Å². The molecule has 0 heterocycles. The summed E-state index contributed by atoms with van der Waals surface area (Å²) in [7, 11) is 0. The van der Waals surface area contributed by atoms with E-state index < -0.39 is 12.1 Å². The van der Waals surface area contributed by atoms with Crippen LogP contribution in [0.2, 0.25) is 0 Å². The van der Waals surface area contributed by atoms with E-state index in [1.165, 1.54) is 24.3 Å². The Kier molecular flexibility index (Phi) is 3.41. The van der Waals surface area contributed by atoms with Crippen molar-refractivity contribution >= 4 is 29.1 Å². The number of carbonyl (C=O) groups is 1. The monoisotopic (exact) mass is 238 g/mol. The first-order valence-electron chi connectivity index (χ1n) is 3.78. The molecule has 0 atom stereocenters. The summed E-state index contributed by atoms with van der Waals surface area (Å²) in [6.07, 6.45) is -4.89. The number of anilines is 2. The molecule has 0 fully saturated rings. The number of amides is 1. The van der Waals surface area contributed by atoms with E-state index in [0.29, 0.717) is 5.69 Å². The van der Waals surface area contributed by atoms with E-state index in [4.69, 9.17) is 11.8 Å². The van der Waals surface area contributed by atoms with Crippen LogP contribution >= 0.6 is 11.8 Å². The lowest BCUT2D eigenvalue weighted by Gasteiger charge is -2.07. The number of hydrogen-bond acceptors (Lipinski definition) is 2. The average molecular weight is 239 g/mol. The van der Waals surface area contributed by atoms with Gasteiger partial charge in [-0.05, 0) is 24.3 Å². The molecule has 0 bridgehead atoms. The van der Waals surface area contributed by atoms with Crippen molar-refractivity contribution in [1.29, 1.82) is 0 Å². The van der Waals surface area contributed by atoms with Crippen molar-refractivity contribution in [3.8, 4) is 0 Å². The van der Waals surface area contributed by atoms with Crippen LogP contribution < -0.4 is 10.2 Å². The summed E-state index contributed by atoms with van der Waals surface area (Å²) in [6.45, 7) is 0. The smallest absolute Gasteiger partial charge is 0.318 e. The minimum absolute atomic E-state index is 0.0491. The highest BCUT2D eigenvalue weighted by atomic mass is 35.5. The van der Waals surface area contributed by atoms with Crippen molar-refractivity contribution in [2.45, 2.75) is 6.18 Å². The molecule has 0 unspecified atom stereocenters. The van der Waals surface area contributed by atoms with Crippen LogP contribution in [0.15, 0.2) is 24.3 Å². The van der Waals surface area contributed by atoms with Crippen molar-refractivity contribution in [1.82, 2.24) is 0 Å². The minimum atomic E-state index is -4.89. The van der Waals surface area contributed by atoms with Gasteiger partial charge in [0.1, 0.15) is 0 Å². The average Bonchev–Trinajstić information content (AvgIpc) is 2.17. The molecule has 1 amide bonds. The lowest BCUT2D eigenvalue weighted by atomic mass is 10.3. The van der Waals surface area contributed by atoms with Crippen LogP contribution in [0, 0.1) is 0 Å². The predicted octanol–water partition coefficient (Wildman–Crippen LogP) is 2.75. The minimum Gasteiger partial charge on any atom is -0.318 e. The van der Waals surface area contributed by atoms with Crippen molar-refractivity contribution in [2.24, 2.45) is 0 Å². The summed E-state index contributed by atoms with van der Waals surface area (Å²) in [5.74, 6) is -2.01. The third-order valence-electron chi connectivity index (χ3n) is 1.51. The summed E-state index contributed by atoms with van der Waals surface area (Å²) in [5, 5.41) is 1.70. The van der Waals surface area contributed by atoms with Gasteiger partial charge in [-0.3, -0.25) is 9.63 Å². The molecule has 0 saturated heterocycles. The number of benzene rings is 1. The van der Waals surface area contributed by atoms with E-state index in [2.05, 4.69) is 4.84 Å². The molecule has 3 nitrogen and oxygen atoms in total. The molecule has 1 rings (SSSR count). The number of nitrogens with one attached hydrogen (secondary N) is 2. The summed E-state index contributed by atoms with van der Waals surface area (Å²) >= 11 is 5.24. The maximum atomic E-state index is 11.8. The van der Waals surface area contributed by atoms with Crippen LogP contribution in [0.3, 0.4) is 0 Å². The molecular formula is C8H6ClF3N2O. The van der Waals surface area contributed by atoms with Crippen LogP contribution in [-0.4, -0.2) is 12.1 Å². The third-order valence-corrected chi connectivity index (χ3v) is 1.73. The van der Waals surface area contributed by atoms with Crippen LogP contribution in [-0.2, 0) is 4.79 Å². The van der Waals surface area contributed by atoms with Gasteiger partial charge in [0.25, 0.3) is 0 Å². The Hall–Kier alpha value is -1.43. The van der Waals surface area contributed by atoms with Crippen molar-refractivity contribution in [3.63, 3.8) is 0 Å². The highest BCUT2D eigenvalue weighted by molar-refractivity contribution is 6.23. The van der Waals surface area contributed by atoms with Gasteiger partial charge in [-0.1, -0.05) is 0 Å². The quantitative estimate of drug-likeness (QED) is 0.778. The Bertz CT molecular complexity index is 350. The second kappa shape index (κ2) is 4.39. The molecule has 2 N–H and O–H groups in total. The van der Waals surface area contributed by atoms with Gasteiger partial charge in [-0.25, -0.2) is 0 Å². The summed E-state index contributed by atoms with van der Waals surface area (Å²) in [4.78, 5) is 12.8. The molecule has 0 radical (unpaired) electrons. The van der Waals surface area contributed by atoms with E-state index in [1.54, 1.807) is 5.32 Å².